The van der Waals surface area contributed by atoms with Gasteiger partial charge in [0, 0.05) is 17.7 Å². The van der Waals surface area contributed by atoms with Crippen molar-refractivity contribution < 1.29 is 40.7 Å². The van der Waals surface area contributed by atoms with Crippen LogP contribution in [-0.2, 0) is 23.7 Å². The largest absolute Gasteiger partial charge is 0.416 e. The van der Waals surface area contributed by atoms with Crippen LogP contribution in [-0.4, -0.2) is 24.3 Å². The zero-order chi connectivity index (χ0) is 23.4. The molecule has 0 bridgehead atoms. The van der Waals surface area contributed by atoms with E-state index in [1.54, 1.807) is 0 Å². The average molecular weight is 447 g/mol. The second kappa shape index (κ2) is 9.06. The molecule has 0 heterocycles. The molecular formula is C19H15F6N3O3. The predicted octanol–water partition coefficient (Wildman–Crippen LogP) is 2.87. The highest BCUT2D eigenvalue weighted by atomic mass is 19.4. The van der Waals surface area contributed by atoms with Crippen molar-refractivity contribution in [1.82, 2.24) is 10.6 Å². The first kappa shape index (κ1) is 23.7. The normalized spacial score (nSPS) is 11.7. The molecule has 0 atom stereocenters. The Morgan fingerprint density at radius 3 is 1.68 bits per heavy atom. The molecule has 0 aliphatic carbocycles. The molecule has 12 heteroatoms. The number of nitrogens with one attached hydrogen (secondary N) is 2. The van der Waals surface area contributed by atoms with Crippen molar-refractivity contribution in [2.75, 3.05) is 6.54 Å². The number of halogens is 6. The van der Waals surface area contributed by atoms with Gasteiger partial charge in [0.15, 0.2) is 0 Å². The van der Waals surface area contributed by atoms with Crippen LogP contribution in [0.25, 0.3) is 0 Å². The molecule has 3 amide bonds. The minimum atomic E-state index is -5.07. The molecule has 6 nitrogen and oxygen atoms in total. The van der Waals surface area contributed by atoms with Crippen LogP contribution in [0.2, 0.25) is 0 Å². The van der Waals surface area contributed by atoms with Crippen LogP contribution in [0, 0.1) is 0 Å². The van der Waals surface area contributed by atoms with E-state index >= 15 is 0 Å². The predicted molar refractivity (Wildman–Crippen MR) is 95.6 cm³/mol. The molecule has 2 aromatic rings. The summed E-state index contributed by atoms with van der Waals surface area (Å²) in [7, 11) is 0. The molecule has 2 aromatic carbocycles. The minimum absolute atomic E-state index is 0.0707. The summed E-state index contributed by atoms with van der Waals surface area (Å²) in [4.78, 5) is 34.6. The first-order valence-electron chi connectivity index (χ1n) is 8.50. The van der Waals surface area contributed by atoms with E-state index in [4.69, 9.17) is 5.73 Å². The number of rotatable bonds is 6. The Hall–Kier alpha value is -3.57. The van der Waals surface area contributed by atoms with Crippen LogP contribution < -0.4 is 16.4 Å². The van der Waals surface area contributed by atoms with Gasteiger partial charge >= 0.3 is 12.4 Å². The van der Waals surface area contributed by atoms with Crippen molar-refractivity contribution in [3.05, 3.63) is 70.3 Å². The van der Waals surface area contributed by atoms with E-state index in [2.05, 4.69) is 10.6 Å². The van der Waals surface area contributed by atoms with E-state index in [1.807, 2.05) is 0 Å². The average Bonchev–Trinajstić information content (AvgIpc) is 2.69. The summed E-state index contributed by atoms with van der Waals surface area (Å²) in [5, 5.41) is 4.48. The molecule has 0 saturated heterocycles. The van der Waals surface area contributed by atoms with Gasteiger partial charge in [0.25, 0.3) is 11.8 Å². The van der Waals surface area contributed by atoms with Gasteiger partial charge in [0.1, 0.15) is 0 Å². The summed E-state index contributed by atoms with van der Waals surface area (Å²) in [6.45, 7) is -0.590. The van der Waals surface area contributed by atoms with Gasteiger partial charge in [-0.1, -0.05) is 12.1 Å². The molecular weight excluding hydrogens is 432 g/mol. The van der Waals surface area contributed by atoms with Gasteiger partial charge < -0.3 is 16.4 Å². The van der Waals surface area contributed by atoms with Crippen LogP contribution in [0.15, 0.2) is 42.5 Å². The summed E-state index contributed by atoms with van der Waals surface area (Å²) in [6.07, 6.45) is -10.1. The smallest absolute Gasteiger partial charge is 0.368 e. The molecule has 2 rings (SSSR count). The number of nitrogens with two attached hydrogens (primary N) is 1. The molecule has 0 saturated carbocycles. The molecule has 0 fully saturated rings. The van der Waals surface area contributed by atoms with E-state index in [0.717, 1.165) is 0 Å². The van der Waals surface area contributed by atoms with Crippen LogP contribution in [0.5, 0.6) is 0 Å². The summed E-state index contributed by atoms with van der Waals surface area (Å²) in [6, 6.07) is 6.11. The van der Waals surface area contributed by atoms with Crippen molar-refractivity contribution in [2.45, 2.75) is 18.9 Å². The monoisotopic (exact) mass is 447 g/mol. The lowest BCUT2D eigenvalue weighted by Crippen LogP contribution is -2.33. The molecule has 0 radical (unpaired) electrons. The number of carbonyl (C=O) groups excluding carboxylic acids is 3. The third-order valence-electron chi connectivity index (χ3n) is 3.94. The molecule has 0 spiro atoms. The van der Waals surface area contributed by atoms with Crippen LogP contribution in [0.4, 0.5) is 26.3 Å². The number of benzene rings is 2. The highest BCUT2D eigenvalue weighted by molar-refractivity contribution is 5.96. The Bertz CT molecular complexity index is 953. The van der Waals surface area contributed by atoms with E-state index in [-0.39, 0.29) is 24.7 Å². The van der Waals surface area contributed by atoms with E-state index < -0.39 is 46.8 Å². The van der Waals surface area contributed by atoms with Gasteiger partial charge in [0.05, 0.1) is 17.7 Å². The first-order chi connectivity index (χ1) is 14.3. The summed E-state index contributed by atoms with van der Waals surface area (Å²) in [5.41, 5.74) is 1.50. The Kier molecular flexibility index (Phi) is 6.93. The van der Waals surface area contributed by atoms with Gasteiger partial charge in [-0.3, -0.25) is 14.4 Å². The van der Waals surface area contributed by atoms with Crippen LogP contribution in [0.1, 0.15) is 37.4 Å². The van der Waals surface area contributed by atoms with Crippen molar-refractivity contribution in [3.63, 3.8) is 0 Å². The molecule has 31 heavy (non-hydrogen) atoms. The quantitative estimate of drug-likeness (QED) is 0.594. The number of hydrogen-bond donors (Lipinski definition) is 3. The van der Waals surface area contributed by atoms with Gasteiger partial charge in [-0.25, -0.2) is 0 Å². The molecule has 0 unspecified atom stereocenters. The molecule has 166 valence electrons. The lowest BCUT2D eigenvalue weighted by Gasteiger charge is -2.14. The summed E-state index contributed by atoms with van der Waals surface area (Å²) >= 11 is 0. The lowest BCUT2D eigenvalue weighted by molar-refractivity contribution is -0.143. The molecule has 4 N–H and O–H groups in total. The van der Waals surface area contributed by atoms with Crippen LogP contribution in [0.3, 0.4) is 0 Å². The van der Waals surface area contributed by atoms with Gasteiger partial charge in [0.2, 0.25) is 5.91 Å². The Labute approximate surface area is 171 Å². The van der Waals surface area contributed by atoms with Crippen molar-refractivity contribution >= 4 is 17.7 Å². The Morgan fingerprint density at radius 2 is 1.23 bits per heavy atom. The molecule has 0 aliphatic heterocycles. The fourth-order valence-electron chi connectivity index (χ4n) is 2.41. The minimum Gasteiger partial charge on any atom is -0.368 e. The maximum atomic E-state index is 12.9. The number of carbonyl (C=O) groups is 3. The summed E-state index contributed by atoms with van der Waals surface area (Å²) in [5.74, 6) is -2.46. The van der Waals surface area contributed by atoms with Crippen LogP contribution >= 0.6 is 0 Å². The maximum Gasteiger partial charge on any atom is 0.416 e. The molecule has 0 aliphatic rings. The topological polar surface area (TPSA) is 101 Å². The second-order valence-electron chi connectivity index (χ2n) is 6.32. The maximum absolute atomic E-state index is 12.9. The SMILES string of the molecule is NC(=O)CNC(=O)c1ccc(CNC(=O)c2cc(C(F)(F)F)cc(C(F)(F)F)c2)cc1. The standard InChI is InChI=1S/C19H15F6N3O3/c20-18(21,22)13-5-12(6-14(7-13)19(23,24)25)17(31)27-8-10-1-3-11(4-2-10)16(30)28-9-15(26)29/h1-7H,8-9H2,(H2,26,29)(H,27,31)(H,28,30). The second-order valence-corrected chi connectivity index (χ2v) is 6.32. The van der Waals surface area contributed by atoms with E-state index in [1.165, 1.54) is 24.3 Å². The Balaban J connectivity index is 2.12. The van der Waals surface area contributed by atoms with Gasteiger partial charge in [-0.15, -0.1) is 0 Å². The number of hydrogen-bond acceptors (Lipinski definition) is 3. The lowest BCUT2D eigenvalue weighted by atomic mass is 10.0. The van der Waals surface area contributed by atoms with Gasteiger partial charge in [-0.05, 0) is 35.9 Å². The van der Waals surface area contributed by atoms with Gasteiger partial charge in [-0.2, -0.15) is 26.3 Å². The Morgan fingerprint density at radius 1 is 0.742 bits per heavy atom. The number of alkyl halides is 6. The zero-order valence-electron chi connectivity index (χ0n) is 15.5. The zero-order valence-corrected chi connectivity index (χ0v) is 15.5. The highest BCUT2D eigenvalue weighted by Crippen LogP contribution is 2.36. The third kappa shape index (κ3) is 6.73. The first-order valence-corrected chi connectivity index (χ1v) is 8.50. The third-order valence-corrected chi connectivity index (χ3v) is 3.94. The fraction of sp³-hybridized carbons (Fsp3) is 0.211. The van der Waals surface area contributed by atoms with Crippen molar-refractivity contribution in [3.8, 4) is 0 Å². The summed E-state index contributed by atoms with van der Waals surface area (Å²) < 4.78 is 77.4. The van der Waals surface area contributed by atoms with E-state index in [0.29, 0.717) is 17.7 Å². The van der Waals surface area contributed by atoms with E-state index in [9.17, 15) is 40.7 Å². The highest BCUT2D eigenvalue weighted by Gasteiger charge is 2.37. The molecule has 0 aromatic heterocycles. The fourth-order valence-corrected chi connectivity index (χ4v) is 2.41. The van der Waals surface area contributed by atoms with Crippen molar-refractivity contribution in [1.29, 1.82) is 0 Å². The number of primary amides is 1. The number of amides is 3. The van der Waals surface area contributed by atoms with Crippen molar-refractivity contribution in [2.24, 2.45) is 5.73 Å².